The molecule has 0 saturated carbocycles. The summed E-state index contributed by atoms with van der Waals surface area (Å²) in [4.78, 5) is 21.4. The third-order valence-electron chi connectivity index (χ3n) is 2.14. The molecule has 1 rings (SSSR count). The number of nitrogens with one attached hydrogen (secondary N) is 1. The van der Waals surface area contributed by atoms with Crippen LogP contribution >= 0.6 is 0 Å². The molecule has 6 heteroatoms. The number of hydrogen-bond acceptors (Lipinski definition) is 4. The second-order valence-electron chi connectivity index (χ2n) is 3.52. The van der Waals surface area contributed by atoms with E-state index in [9.17, 15) is 9.59 Å². The second-order valence-corrected chi connectivity index (χ2v) is 3.52. The highest BCUT2D eigenvalue weighted by Crippen LogP contribution is 1.99. The van der Waals surface area contributed by atoms with Crippen molar-refractivity contribution in [1.29, 1.82) is 0 Å². The van der Waals surface area contributed by atoms with Crippen molar-refractivity contribution in [3.05, 3.63) is 0 Å². The third kappa shape index (κ3) is 5.23. The monoisotopic (exact) mass is 225 g/mol. The van der Waals surface area contributed by atoms with Crippen LogP contribution in [0.2, 0.25) is 0 Å². The fourth-order valence-electron chi connectivity index (χ4n) is 1.30. The first-order chi connectivity index (χ1) is 7.68. The zero-order chi connectivity index (χ0) is 11.8. The van der Waals surface area contributed by atoms with Crippen LogP contribution < -0.4 is 5.32 Å². The Labute approximate surface area is 93.4 Å². The summed E-state index contributed by atoms with van der Waals surface area (Å²) in [6.07, 6.45) is 3.86. The van der Waals surface area contributed by atoms with Gasteiger partial charge in [0.25, 0.3) is 0 Å². The SMILES string of the molecule is O=C(O)CCCC(=O)NCCC1=NN=CC1. The summed E-state index contributed by atoms with van der Waals surface area (Å²) in [5.41, 5.74) is 0.964. The number of amides is 1. The molecule has 0 bridgehead atoms. The minimum Gasteiger partial charge on any atom is -0.481 e. The van der Waals surface area contributed by atoms with Crippen LogP contribution in [-0.4, -0.2) is 35.5 Å². The van der Waals surface area contributed by atoms with Gasteiger partial charge in [0.1, 0.15) is 0 Å². The van der Waals surface area contributed by atoms with E-state index in [1.807, 2.05) is 0 Å². The van der Waals surface area contributed by atoms with Crippen molar-refractivity contribution in [2.24, 2.45) is 10.2 Å². The molecular weight excluding hydrogens is 210 g/mol. The van der Waals surface area contributed by atoms with E-state index in [0.29, 0.717) is 19.4 Å². The van der Waals surface area contributed by atoms with Gasteiger partial charge in [-0.1, -0.05) is 0 Å². The molecule has 0 aromatic heterocycles. The van der Waals surface area contributed by atoms with Gasteiger partial charge >= 0.3 is 5.97 Å². The Balaban J connectivity index is 2.00. The number of carboxylic acid groups (broad SMARTS) is 1. The highest BCUT2D eigenvalue weighted by molar-refractivity contribution is 5.98. The molecule has 0 aromatic carbocycles. The van der Waals surface area contributed by atoms with Gasteiger partial charge < -0.3 is 10.4 Å². The van der Waals surface area contributed by atoms with Gasteiger partial charge in [-0.2, -0.15) is 10.2 Å². The smallest absolute Gasteiger partial charge is 0.303 e. The molecule has 0 unspecified atom stereocenters. The van der Waals surface area contributed by atoms with Crippen LogP contribution in [0.25, 0.3) is 0 Å². The van der Waals surface area contributed by atoms with Crippen molar-refractivity contribution in [1.82, 2.24) is 5.32 Å². The van der Waals surface area contributed by atoms with E-state index < -0.39 is 5.97 Å². The van der Waals surface area contributed by atoms with E-state index in [1.165, 1.54) is 0 Å². The number of hydrogen-bond donors (Lipinski definition) is 2. The Kier molecular flexibility index (Phi) is 5.18. The average molecular weight is 225 g/mol. The molecule has 1 aliphatic heterocycles. The summed E-state index contributed by atoms with van der Waals surface area (Å²) in [7, 11) is 0. The van der Waals surface area contributed by atoms with Crippen LogP contribution in [0.1, 0.15) is 32.1 Å². The highest BCUT2D eigenvalue weighted by Gasteiger charge is 2.05. The molecule has 1 amide bonds. The van der Waals surface area contributed by atoms with E-state index in [4.69, 9.17) is 5.11 Å². The summed E-state index contributed by atoms with van der Waals surface area (Å²) in [5, 5.41) is 18.7. The van der Waals surface area contributed by atoms with Crippen molar-refractivity contribution in [2.45, 2.75) is 32.1 Å². The summed E-state index contributed by atoms with van der Waals surface area (Å²) in [6, 6.07) is 0. The van der Waals surface area contributed by atoms with Crippen LogP contribution in [-0.2, 0) is 9.59 Å². The molecule has 0 aromatic rings. The van der Waals surface area contributed by atoms with E-state index >= 15 is 0 Å². The van der Waals surface area contributed by atoms with Gasteiger partial charge in [-0.3, -0.25) is 9.59 Å². The number of carbonyl (C=O) groups is 2. The van der Waals surface area contributed by atoms with Crippen LogP contribution in [0.5, 0.6) is 0 Å². The van der Waals surface area contributed by atoms with Gasteiger partial charge in [-0.05, 0) is 6.42 Å². The highest BCUT2D eigenvalue weighted by atomic mass is 16.4. The maximum Gasteiger partial charge on any atom is 0.303 e. The van der Waals surface area contributed by atoms with Gasteiger partial charge in [0.15, 0.2) is 0 Å². The van der Waals surface area contributed by atoms with Crippen LogP contribution in [0, 0.1) is 0 Å². The van der Waals surface area contributed by atoms with E-state index in [-0.39, 0.29) is 18.7 Å². The summed E-state index contributed by atoms with van der Waals surface area (Å²) in [6.45, 7) is 0.536. The lowest BCUT2D eigenvalue weighted by Crippen LogP contribution is -2.25. The summed E-state index contributed by atoms with van der Waals surface area (Å²) < 4.78 is 0. The molecule has 6 nitrogen and oxygen atoms in total. The molecule has 16 heavy (non-hydrogen) atoms. The maximum atomic E-state index is 11.2. The minimum atomic E-state index is -0.870. The van der Waals surface area contributed by atoms with Gasteiger partial charge in [0, 0.05) is 44.2 Å². The zero-order valence-electron chi connectivity index (χ0n) is 8.98. The molecule has 1 aliphatic rings. The Morgan fingerprint density at radius 1 is 1.44 bits per heavy atom. The number of carbonyl (C=O) groups excluding carboxylic acids is 1. The van der Waals surface area contributed by atoms with Gasteiger partial charge in [0.05, 0.1) is 0 Å². The summed E-state index contributed by atoms with van der Waals surface area (Å²) in [5.74, 6) is -0.981. The number of rotatable bonds is 7. The Morgan fingerprint density at radius 2 is 2.25 bits per heavy atom. The quantitative estimate of drug-likeness (QED) is 0.663. The fourth-order valence-corrected chi connectivity index (χ4v) is 1.30. The first-order valence-corrected chi connectivity index (χ1v) is 5.24. The van der Waals surface area contributed by atoms with Crippen molar-refractivity contribution in [2.75, 3.05) is 6.54 Å². The molecule has 2 N–H and O–H groups in total. The van der Waals surface area contributed by atoms with E-state index in [0.717, 1.165) is 12.1 Å². The lowest BCUT2D eigenvalue weighted by Gasteiger charge is -2.03. The van der Waals surface area contributed by atoms with Crippen molar-refractivity contribution in [3.8, 4) is 0 Å². The topological polar surface area (TPSA) is 91.1 Å². The molecule has 1 heterocycles. The second kappa shape index (κ2) is 6.71. The molecule has 0 spiro atoms. The lowest BCUT2D eigenvalue weighted by atomic mass is 10.2. The van der Waals surface area contributed by atoms with Gasteiger partial charge in [-0.25, -0.2) is 0 Å². The molecule has 0 aliphatic carbocycles. The first kappa shape index (κ1) is 12.4. The van der Waals surface area contributed by atoms with Crippen LogP contribution in [0.3, 0.4) is 0 Å². The van der Waals surface area contributed by atoms with Crippen molar-refractivity contribution < 1.29 is 14.7 Å². The molecule has 88 valence electrons. The lowest BCUT2D eigenvalue weighted by molar-refractivity contribution is -0.137. The minimum absolute atomic E-state index is 0.0357. The standard InChI is InChI=1S/C10H15N3O3/c14-9(2-1-3-10(15)16)11-6-4-8-5-7-12-13-8/h7H,1-6H2,(H,11,14)(H,15,16). The van der Waals surface area contributed by atoms with Crippen LogP contribution in [0.15, 0.2) is 10.2 Å². The maximum absolute atomic E-state index is 11.2. The molecular formula is C10H15N3O3. The number of aliphatic carboxylic acids is 1. The molecule has 0 radical (unpaired) electrons. The van der Waals surface area contributed by atoms with Gasteiger partial charge in [0.2, 0.25) is 5.91 Å². The van der Waals surface area contributed by atoms with Crippen molar-refractivity contribution in [3.63, 3.8) is 0 Å². The predicted molar refractivity (Wildman–Crippen MR) is 59.7 cm³/mol. The first-order valence-electron chi connectivity index (χ1n) is 5.24. The van der Waals surface area contributed by atoms with Gasteiger partial charge in [-0.15, -0.1) is 0 Å². The number of carboxylic acids is 1. The van der Waals surface area contributed by atoms with Crippen molar-refractivity contribution >= 4 is 23.8 Å². The zero-order valence-corrected chi connectivity index (χ0v) is 8.98. The average Bonchev–Trinajstić information content (AvgIpc) is 2.70. The predicted octanol–water partition coefficient (Wildman–Crippen LogP) is 0.578. The van der Waals surface area contributed by atoms with E-state index in [2.05, 4.69) is 15.5 Å². The van der Waals surface area contributed by atoms with Crippen LogP contribution in [0.4, 0.5) is 0 Å². The molecule has 0 atom stereocenters. The largest absolute Gasteiger partial charge is 0.481 e. The Morgan fingerprint density at radius 3 is 2.88 bits per heavy atom. The third-order valence-corrected chi connectivity index (χ3v) is 2.14. The fraction of sp³-hybridized carbons (Fsp3) is 0.600. The molecule has 0 fully saturated rings. The summed E-state index contributed by atoms with van der Waals surface area (Å²) >= 11 is 0. The van der Waals surface area contributed by atoms with E-state index in [1.54, 1.807) is 6.21 Å². The Bertz CT molecular complexity index is 323. The Hall–Kier alpha value is -1.72. The molecule has 0 saturated heterocycles. The normalized spacial score (nSPS) is 13.6. The number of nitrogens with zero attached hydrogens (tertiary/aromatic N) is 2.